The van der Waals surface area contributed by atoms with Gasteiger partial charge in [-0.1, -0.05) is 18.2 Å². The Morgan fingerprint density at radius 3 is 2.79 bits per heavy atom. The van der Waals surface area contributed by atoms with Crippen LogP contribution in [0.1, 0.15) is 5.56 Å². The highest BCUT2D eigenvalue weighted by Crippen LogP contribution is 2.22. The van der Waals surface area contributed by atoms with Gasteiger partial charge in [0.1, 0.15) is 6.04 Å². The molecule has 1 N–H and O–H groups in total. The van der Waals surface area contributed by atoms with Crippen molar-refractivity contribution in [3.8, 4) is 0 Å². The molecule has 0 aliphatic carbocycles. The first kappa shape index (κ1) is 11.5. The van der Waals surface area contributed by atoms with Crippen LogP contribution < -0.4 is 5.32 Å². The number of nitrogens with zero attached hydrogens (tertiary/aromatic N) is 1. The maximum Gasteiger partial charge on any atom is 0.415 e. The van der Waals surface area contributed by atoms with Crippen LogP contribution in [0.2, 0.25) is 0 Å². The number of fused-ring (bicyclic) bond motifs is 1. The summed E-state index contributed by atoms with van der Waals surface area (Å²) in [6, 6.07) is 6.67. The van der Waals surface area contributed by atoms with Crippen LogP contribution in [0.4, 0.5) is 4.79 Å². The van der Waals surface area contributed by atoms with Gasteiger partial charge in [0.25, 0.3) is 0 Å². The van der Waals surface area contributed by atoms with E-state index in [2.05, 4.69) is 10.1 Å². The number of carbonyl (C=O) groups is 3. The number of cyclic esters (lactones) is 2. The number of para-hydroxylation sites is 1. The molecule has 3 rings (SSSR count). The molecule has 19 heavy (non-hydrogen) atoms. The van der Waals surface area contributed by atoms with Crippen LogP contribution in [0.5, 0.6) is 0 Å². The van der Waals surface area contributed by atoms with Crippen molar-refractivity contribution in [2.75, 3.05) is 0 Å². The second-order valence-electron chi connectivity index (χ2n) is 4.29. The van der Waals surface area contributed by atoms with E-state index in [1.54, 1.807) is 6.20 Å². The highest BCUT2D eigenvalue weighted by atomic mass is 16.6. The average molecular weight is 258 g/mol. The number of esters is 1. The maximum atomic E-state index is 11.4. The van der Waals surface area contributed by atoms with Gasteiger partial charge < -0.3 is 10.1 Å². The second-order valence-corrected chi connectivity index (χ2v) is 4.29. The summed E-state index contributed by atoms with van der Waals surface area (Å²) in [7, 11) is 0. The smallest absolute Gasteiger partial charge is 0.375 e. The first-order valence-electron chi connectivity index (χ1n) is 5.75. The molecule has 1 aliphatic heterocycles. The Kier molecular flexibility index (Phi) is 2.56. The van der Waals surface area contributed by atoms with E-state index in [-0.39, 0.29) is 0 Å². The molecule has 0 radical (unpaired) electrons. The minimum atomic E-state index is -0.728. The topological polar surface area (TPSA) is 77.4 Å². The molecule has 1 amide bonds. The number of ether oxygens (including phenoxy) is 1. The quantitative estimate of drug-likeness (QED) is 0.503. The Morgan fingerprint density at radius 2 is 2.11 bits per heavy atom. The van der Waals surface area contributed by atoms with Gasteiger partial charge >= 0.3 is 12.1 Å². The standard InChI is InChI=1S/C13H10N2O4/c16-7-15-6-8(9-3-1-2-4-11(9)15)5-10-12(17)19-13(18)14-10/h1-4,6-7,10H,5H2,(H,14,18). The summed E-state index contributed by atoms with van der Waals surface area (Å²) in [6.07, 6.45) is 1.94. The Labute approximate surface area is 107 Å². The molecule has 1 aromatic heterocycles. The number of benzene rings is 1. The lowest BCUT2D eigenvalue weighted by Crippen LogP contribution is -2.30. The summed E-state index contributed by atoms with van der Waals surface area (Å²) in [4.78, 5) is 33.4. The molecule has 96 valence electrons. The van der Waals surface area contributed by atoms with Crippen molar-refractivity contribution < 1.29 is 19.1 Å². The lowest BCUT2D eigenvalue weighted by atomic mass is 10.1. The van der Waals surface area contributed by atoms with Gasteiger partial charge in [0.15, 0.2) is 0 Å². The first-order chi connectivity index (χ1) is 9.19. The van der Waals surface area contributed by atoms with E-state index in [1.807, 2.05) is 24.3 Å². The third-order valence-electron chi connectivity index (χ3n) is 3.13. The fraction of sp³-hybridized carbons (Fsp3) is 0.154. The van der Waals surface area contributed by atoms with E-state index in [0.717, 1.165) is 16.5 Å². The van der Waals surface area contributed by atoms with Crippen molar-refractivity contribution in [2.45, 2.75) is 12.5 Å². The van der Waals surface area contributed by atoms with Gasteiger partial charge in [0.2, 0.25) is 6.41 Å². The average Bonchev–Trinajstić information content (AvgIpc) is 2.91. The van der Waals surface area contributed by atoms with Gasteiger partial charge in [0, 0.05) is 18.0 Å². The monoisotopic (exact) mass is 258 g/mol. The number of alkyl carbamates (subject to hydrolysis) is 1. The first-order valence-corrected chi connectivity index (χ1v) is 5.75. The molecule has 1 aliphatic rings. The number of aromatic nitrogens is 1. The number of carbonyl (C=O) groups excluding carboxylic acids is 3. The van der Waals surface area contributed by atoms with Gasteiger partial charge in [-0.05, 0) is 11.6 Å². The van der Waals surface area contributed by atoms with Gasteiger partial charge in [-0.3, -0.25) is 9.36 Å². The van der Waals surface area contributed by atoms with Crippen LogP contribution in [-0.4, -0.2) is 29.1 Å². The van der Waals surface area contributed by atoms with Gasteiger partial charge in [-0.15, -0.1) is 0 Å². The fourth-order valence-corrected chi connectivity index (χ4v) is 2.27. The Balaban J connectivity index is 1.99. The number of nitrogens with one attached hydrogen (secondary N) is 1. The summed E-state index contributed by atoms with van der Waals surface area (Å²) < 4.78 is 5.88. The molecular formula is C13H10N2O4. The highest BCUT2D eigenvalue weighted by molar-refractivity contribution is 5.96. The molecule has 2 aromatic rings. The van der Waals surface area contributed by atoms with Crippen molar-refractivity contribution >= 4 is 29.4 Å². The zero-order chi connectivity index (χ0) is 13.4. The van der Waals surface area contributed by atoms with Crippen molar-refractivity contribution in [2.24, 2.45) is 0 Å². The largest absolute Gasteiger partial charge is 0.415 e. The van der Waals surface area contributed by atoms with E-state index in [1.165, 1.54) is 4.57 Å². The summed E-state index contributed by atoms with van der Waals surface area (Å²) in [5.74, 6) is -0.590. The molecule has 2 heterocycles. The number of rotatable bonds is 3. The predicted octanol–water partition coefficient (Wildman–Crippen LogP) is 0.857. The third kappa shape index (κ3) is 1.87. The summed E-state index contributed by atoms with van der Waals surface area (Å²) in [5, 5.41) is 3.31. The van der Waals surface area contributed by atoms with Gasteiger partial charge in [-0.25, -0.2) is 9.59 Å². The molecule has 6 nitrogen and oxygen atoms in total. The molecule has 1 saturated heterocycles. The Hall–Kier alpha value is -2.63. The van der Waals surface area contributed by atoms with Crippen molar-refractivity contribution in [1.29, 1.82) is 0 Å². The van der Waals surface area contributed by atoms with E-state index >= 15 is 0 Å². The van der Waals surface area contributed by atoms with E-state index in [0.29, 0.717) is 12.8 Å². The Bertz CT molecular complexity index is 689. The SMILES string of the molecule is O=Cn1cc(CC2NC(=O)OC2=O)c2ccccc21. The molecule has 0 spiro atoms. The molecular weight excluding hydrogens is 248 g/mol. The maximum absolute atomic E-state index is 11.4. The van der Waals surface area contributed by atoms with Crippen LogP contribution in [0.25, 0.3) is 10.9 Å². The second kappa shape index (κ2) is 4.24. The number of amides is 1. The molecule has 1 unspecified atom stereocenters. The van der Waals surface area contributed by atoms with Crippen LogP contribution >= 0.6 is 0 Å². The molecule has 1 aromatic carbocycles. The number of hydrogen-bond acceptors (Lipinski definition) is 4. The van der Waals surface area contributed by atoms with E-state index in [4.69, 9.17) is 0 Å². The normalized spacial score (nSPS) is 18.4. The Morgan fingerprint density at radius 1 is 1.32 bits per heavy atom. The lowest BCUT2D eigenvalue weighted by molar-refractivity contribution is -0.135. The van der Waals surface area contributed by atoms with Crippen molar-refractivity contribution in [3.63, 3.8) is 0 Å². The molecule has 0 saturated carbocycles. The van der Waals surface area contributed by atoms with Crippen LogP contribution in [-0.2, 0) is 20.7 Å². The molecule has 6 heteroatoms. The van der Waals surface area contributed by atoms with E-state index < -0.39 is 18.1 Å². The zero-order valence-electron chi connectivity index (χ0n) is 9.83. The minimum Gasteiger partial charge on any atom is -0.375 e. The fourth-order valence-electron chi connectivity index (χ4n) is 2.27. The van der Waals surface area contributed by atoms with Crippen molar-refractivity contribution in [3.05, 3.63) is 36.0 Å². The summed E-state index contributed by atoms with van der Waals surface area (Å²) in [6.45, 7) is 0. The van der Waals surface area contributed by atoms with Crippen molar-refractivity contribution in [1.82, 2.24) is 9.88 Å². The third-order valence-corrected chi connectivity index (χ3v) is 3.13. The van der Waals surface area contributed by atoms with Crippen LogP contribution in [0, 0.1) is 0 Å². The minimum absolute atomic E-state index is 0.298. The van der Waals surface area contributed by atoms with Crippen LogP contribution in [0.15, 0.2) is 30.5 Å². The predicted molar refractivity (Wildman–Crippen MR) is 66.2 cm³/mol. The number of hydrogen-bond donors (Lipinski definition) is 1. The molecule has 1 atom stereocenters. The molecule has 0 bridgehead atoms. The van der Waals surface area contributed by atoms with Gasteiger partial charge in [0.05, 0.1) is 5.52 Å². The van der Waals surface area contributed by atoms with Gasteiger partial charge in [-0.2, -0.15) is 0 Å². The van der Waals surface area contributed by atoms with E-state index in [9.17, 15) is 14.4 Å². The molecule has 1 fully saturated rings. The summed E-state index contributed by atoms with van der Waals surface area (Å²) >= 11 is 0. The zero-order valence-corrected chi connectivity index (χ0v) is 9.83. The highest BCUT2D eigenvalue weighted by Gasteiger charge is 2.33. The lowest BCUT2D eigenvalue weighted by Gasteiger charge is -2.03. The summed E-state index contributed by atoms with van der Waals surface area (Å²) in [5.41, 5.74) is 1.58. The van der Waals surface area contributed by atoms with Crippen LogP contribution in [0.3, 0.4) is 0 Å².